The highest BCUT2D eigenvalue weighted by molar-refractivity contribution is 5.00. The molecule has 0 unspecified atom stereocenters. The Kier molecular flexibility index (Phi) is 3.44. The van der Waals surface area contributed by atoms with Gasteiger partial charge in [-0.1, -0.05) is 43.7 Å². The Hall–Kier alpha value is -0.860. The van der Waals surface area contributed by atoms with Crippen LogP contribution in [-0.2, 0) is 0 Å². The van der Waals surface area contributed by atoms with Gasteiger partial charge in [0.15, 0.2) is 5.82 Å². The summed E-state index contributed by atoms with van der Waals surface area (Å²) in [6.45, 7) is 0. The number of nitrogens with zero attached hydrogens (tertiary/aromatic N) is 2. The highest BCUT2D eigenvalue weighted by Gasteiger charge is 2.25. The van der Waals surface area contributed by atoms with E-state index in [1.54, 1.807) is 0 Å². The van der Waals surface area contributed by atoms with E-state index in [9.17, 15) is 0 Å². The van der Waals surface area contributed by atoms with Crippen LogP contribution in [0, 0.1) is 0 Å². The zero-order valence-electron chi connectivity index (χ0n) is 10.5. The van der Waals surface area contributed by atoms with Crippen molar-refractivity contribution in [3.05, 3.63) is 11.7 Å². The molecule has 0 radical (unpaired) electrons. The maximum Gasteiger partial charge on any atom is 0.229 e. The predicted octanol–water partition coefficient (Wildman–Crippen LogP) is 4.17. The van der Waals surface area contributed by atoms with Crippen LogP contribution >= 0.6 is 0 Å². The molecular formula is C14H22N2O. The maximum atomic E-state index is 5.50. The summed E-state index contributed by atoms with van der Waals surface area (Å²) in [7, 11) is 0. The third kappa shape index (κ3) is 2.53. The van der Waals surface area contributed by atoms with E-state index in [1.807, 2.05) is 0 Å². The molecule has 17 heavy (non-hydrogen) atoms. The molecular weight excluding hydrogens is 212 g/mol. The molecule has 0 aromatic carbocycles. The molecule has 0 spiro atoms. The number of hydrogen-bond donors (Lipinski definition) is 0. The fraction of sp³-hybridized carbons (Fsp3) is 0.857. The maximum absolute atomic E-state index is 5.50. The third-order valence-corrected chi connectivity index (χ3v) is 4.38. The van der Waals surface area contributed by atoms with Crippen molar-refractivity contribution >= 4 is 0 Å². The van der Waals surface area contributed by atoms with Crippen LogP contribution in [0.2, 0.25) is 0 Å². The molecule has 94 valence electrons. The highest BCUT2D eigenvalue weighted by Crippen LogP contribution is 2.34. The van der Waals surface area contributed by atoms with E-state index in [0.717, 1.165) is 11.7 Å². The van der Waals surface area contributed by atoms with Crippen molar-refractivity contribution in [2.45, 2.75) is 76.0 Å². The standard InChI is InChI=1S/C14H22N2O/c1-3-7-11(8-4-1)13-15-14(17-16-13)12-9-5-2-6-10-12/h11-12H,1-10H2. The lowest BCUT2D eigenvalue weighted by Gasteiger charge is -2.18. The minimum Gasteiger partial charge on any atom is -0.339 e. The minimum absolute atomic E-state index is 0.550. The fourth-order valence-electron chi connectivity index (χ4n) is 3.29. The second-order valence-corrected chi connectivity index (χ2v) is 5.66. The van der Waals surface area contributed by atoms with E-state index >= 15 is 0 Å². The van der Waals surface area contributed by atoms with Crippen LogP contribution in [0.1, 0.15) is 87.8 Å². The second kappa shape index (κ2) is 5.19. The van der Waals surface area contributed by atoms with Crippen LogP contribution in [-0.4, -0.2) is 10.1 Å². The van der Waals surface area contributed by atoms with Crippen LogP contribution in [0.4, 0.5) is 0 Å². The Balaban J connectivity index is 1.68. The van der Waals surface area contributed by atoms with Gasteiger partial charge >= 0.3 is 0 Å². The van der Waals surface area contributed by atoms with Gasteiger partial charge in [-0.15, -0.1) is 0 Å². The smallest absolute Gasteiger partial charge is 0.229 e. The molecule has 0 aliphatic heterocycles. The number of rotatable bonds is 2. The molecule has 0 amide bonds. The SMILES string of the molecule is C1CCC(c2noc(C3CCCCC3)n2)CC1. The van der Waals surface area contributed by atoms with Crippen LogP contribution in [0.5, 0.6) is 0 Å². The van der Waals surface area contributed by atoms with Gasteiger partial charge in [-0.3, -0.25) is 0 Å². The van der Waals surface area contributed by atoms with Crippen molar-refractivity contribution in [1.82, 2.24) is 10.1 Å². The summed E-state index contributed by atoms with van der Waals surface area (Å²) in [6.07, 6.45) is 13.1. The molecule has 0 bridgehead atoms. The summed E-state index contributed by atoms with van der Waals surface area (Å²) in [5.74, 6) is 3.04. The summed E-state index contributed by atoms with van der Waals surface area (Å²) in [5.41, 5.74) is 0. The molecule has 1 aromatic rings. The first-order valence-electron chi connectivity index (χ1n) is 7.27. The first kappa shape index (κ1) is 11.2. The average Bonchev–Trinajstić information content (AvgIpc) is 2.90. The summed E-state index contributed by atoms with van der Waals surface area (Å²) in [6, 6.07) is 0. The molecule has 0 N–H and O–H groups in total. The molecule has 1 aromatic heterocycles. The fourth-order valence-corrected chi connectivity index (χ4v) is 3.29. The van der Waals surface area contributed by atoms with Crippen molar-refractivity contribution in [2.24, 2.45) is 0 Å². The van der Waals surface area contributed by atoms with Gasteiger partial charge < -0.3 is 4.52 Å². The molecule has 3 nitrogen and oxygen atoms in total. The molecule has 1 heterocycles. The van der Waals surface area contributed by atoms with Crippen molar-refractivity contribution < 1.29 is 4.52 Å². The van der Waals surface area contributed by atoms with Crippen molar-refractivity contribution in [2.75, 3.05) is 0 Å². The first-order chi connectivity index (χ1) is 8.43. The van der Waals surface area contributed by atoms with Crippen molar-refractivity contribution in [1.29, 1.82) is 0 Å². The summed E-state index contributed by atoms with van der Waals surface area (Å²) in [5, 5.41) is 4.23. The second-order valence-electron chi connectivity index (χ2n) is 5.66. The van der Waals surface area contributed by atoms with E-state index in [4.69, 9.17) is 4.52 Å². The lowest BCUT2D eigenvalue weighted by atomic mass is 9.88. The van der Waals surface area contributed by atoms with Gasteiger partial charge in [-0.25, -0.2) is 0 Å². The van der Waals surface area contributed by atoms with Crippen molar-refractivity contribution in [3.63, 3.8) is 0 Å². The molecule has 3 rings (SSSR count). The van der Waals surface area contributed by atoms with Gasteiger partial charge in [0.05, 0.1) is 0 Å². The van der Waals surface area contributed by atoms with E-state index in [0.29, 0.717) is 11.8 Å². The van der Waals surface area contributed by atoms with Crippen LogP contribution in [0.3, 0.4) is 0 Å². The Labute approximate surface area is 103 Å². The number of aromatic nitrogens is 2. The molecule has 0 atom stereocenters. The number of hydrogen-bond acceptors (Lipinski definition) is 3. The largest absolute Gasteiger partial charge is 0.339 e. The van der Waals surface area contributed by atoms with E-state index in [1.165, 1.54) is 64.2 Å². The van der Waals surface area contributed by atoms with Gasteiger partial charge in [0.2, 0.25) is 5.89 Å². The minimum atomic E-state index is 0.550. The Bertz CT molecular complexity index is 316. The molecule has 3 heteroatoms. The lowest BCUT2D eigenvalue weighted by molar-refractivity contribution is 0.308. The third-order valence-electron chi connectivity index (χ3n) is 4.38. The molecule has 2 fully saturated rings. The quantitative estimate of drug-likeness (QED) is 0.771. The van der Waals surface area contributed by atoms with Crippen LogP contribution in [0.15, 0.2) is 4.52 Å². The lowest BCUT2D eigenvalue weighted by Crippen LogP contribution is -2.08. The van der Waals surface area contributed by atoms with E-state index < -0.39 is 0 Å². The topological polar surface area (TPSA) is 38.9 Å². The summed E-state index contributed by atoms with van der Waals surface area (Å²) in [4.78, 5) is 4.68. The molecule has 2 saturated carbocycles. The predicted molar refractivity (Wildman–Crippen MR) is 66.0 cm³/mol. The highest BCUT2D eigenvalue weighted by atomic mass is 16.5. The Morgan fingerprint density at radius 1 is 0.765 bits per heavy atom. The first-order valence-corrected chi connectivity index (χ1v) is 7.27. The van der Waals surface area contributed by atoms with Crippen LogP contribution in [0.25, 0.3) is 0 Å². The molecule has 2 aliphatic rings. The van der Waals surface area contributed by atoms with E-state index in [-0.39, 0.29) is 0 Å². The summed E-state index contributed by atoms with van der Waals surface area (Å²) < 4.78 is 5.50. The average molecular weight is 234 g/mol. The molecule has 2 aliphatic carbocycles. The van der Waals surface area contributed by atoms with E-state index in [2.05, 4.69) is 10.1 Å². The van der Waals surface area contributed by atoms with Crippen molar-refractivity contribution in [3.8, 4) is 0 Å². The van der Waals surface area contributed by atoms with Gasteiger partial charge in [0.1, 0.15) is 0 Å². The zero-order valence-corrected chi connectivity index (χ0v) is 10.5. The zero-order chi connectivity index (χ0) is 11.5. The molecule has 0 saturated heterocycles. The Morgan fingerprint density at radius 2 is 1.35 bits per heavy atom. The van der Waals surface area contributed by atoms with Gasteiger partial charge in [0, 0.05) is 11.8 Å². The van der Waals surface area contributed by atoms with Crippen LogP contribution < -0.4 is 0 Å². The van der Waals surface area contributed by atoms with Gasteiger partial charge in [-0.2, -0.15) is 4.98 Å². The normalized spacial score (nSPS) is 24.0. The summed E-state index contributed by atoms with van der Waals surface area (Å²) >= 11 is 0. The monoisotopic (exact) mass is 234 g/mol. The van der Waals surface area contributed by atoms with Gasteiger partial charge in [0.25, 0.3) is 0 Å². The van der Waals surface area contributed by atoms with Gasteiger partial charge in [-0.05, 0) is 25.7 Å². The Morgan fingerprint density at radius 3 is 2.00 bits per heavy atom.